The predicted molar refractivity (Wildman–Crippen MR) is 137 cm³/mol. The number of carbonyl (C=O) groups excluding carboxylic acids is 1. The van der Waals surface area contributed by atoms with E-state index in [2.05, 4.69) is 27.9 Å². The van der Waals surface area contributed by atoms with Crippen molar-refractivity contribution in [3.8, 4) is 17.6 Å². The molecule has 1 N–H and O–H groups in total. The van der Waals surface area contributed by atoms with Crippen molar-refractivity contribution in [2.75, 3.05) is 12.4 Å². The lowest BCUT2D eigenvalue weighted by atomic mass is 10.1. The number of ether oxygens (including phenoxy) is 2. The highest BCUT2D eigenvalue weighted by molar-refractivity contribution is 14.1. The van der Waals surface area contributed by atoms with Crippen LogP contribution in [0.15, 0.2) is 66.2 Å². The van der Waals surface area contributed by atoms with Crippen molar-refractivity contribution in [1.29, 1.82) is 5.26 Å². The van der Waals surface area contributed by atoms with E-state index in [0.29, 0.717) is 36.9 Å². The van der Waals surface area contributed by atoms with Gasteiger partial charge in [0.2, 0.25) is 0 Å². The summed E-state index contributed by atoms with van der Waals surface area (Å²) >= 11 is 7.91. The molecule has 0 radical (unpaired) electrons. The summed E-state index contributed by atoms with van der Waals surface area (Å²) in [4.78, 5) is 23.0. The third-order valence-corrected chi connectivity index (χ3v) is 5.59. The molecule has 10 heteroatoms. The van der Waals surface area contributed by atoms with Gasteiger partial charge in [-0.2, -0.15) is 5.26 Å². The standard InChI is InChI=1S/C24H17ClIN3O5/c1-33-22-12-16(9-17(13-27)24(30)28-19-7-5-18(25)6-8-19)11-21(26)23(22)34-14-15-3-2-4-20(10-15)29(31)32/h2-12H,14H2,1H3,(H,28,30)/b17-9-. The van der Waals surface area contributed by atoms with Crippen LogP contribution in [0.25, 0.3) is 6.08 Å². The van der Waals surface area contributed by atoms with Gasteiger partial charge in [-0.15, -0.1) is 0 Å². The van der Waals surface area contributed by atoms with Gasteiger partial charge in [-0.05, 0) is 76.2 Å². The summed E-state index contributed by atoms with van der Waals surface area (Å²) < 4.78 is 12.0. The highest BCUT2D eigenvalue weighted by atomic mass is 127. The first-order valence-electron chi connectivity index (χ1n) is 9.73. The van der Waals surface area contributed by atoms with Gasteiger partial charge in [0.25, 0.3) is 11.6 Å². The van der Waals surface area contributed by atoms with E-state index in [-0.39, 0.29) is 17.9 Å². The molecule has 0 spiro atoms. The average Bonchev–Trinajstić information content (AvgIpc) is 2.83. The summed E-state index contributed by atoms with van der Waals surface area (Å²) in [6.07, 6.45) is 1.44. The number of benzene rings is 3. The number of methoxy groups -OCH3 is 1. The zero-order chi connectivity index (χ0) is 24.7. The summed E-state index contributed by atoms with van der Waals surface area (Å²) in [7, 11) is 1.47. The maximum absolute atomic E-state index is 12.5. The Morgan fingerprint density at radius 3 is 2.62 bits per heavy atom. The lowest BCUT2D eigenvalue weighted by Crippen LogP contribution is -2.13. The number of hydrogen-bond donors (Lipinski definition) is 1. The number of non-ortho nitro benzene ring substituents is 1. The zero-order valence-corrected chi connectivity index (χ0v) is 20.7. The molecule has 3 aromatic carbocycles. The number of carbonyl (C=O) groups is 1. The highest BCUT2D eigenvalue weighted by Crippen LogP contribution is 2.35. The number of nitro groups is 1. The van der Waals surface area contributed by atoms with Crippen LogP contribution in [-0.4, -0.2) is 17.9 Å². The van der Waals surface area contributed by atoms with Gasteiger partial charge in [0.1, 0.15) is 18.2 Å². The van der Waals surface area contributed by atoms with Gasteiger partial charge < -0.3 is 14.8 Å². The number of hydrogen-bond acceptors (Lipinski definition) is 6. The Hall–Kier alpha value is -3.62. The van der Waals surface area contributed by atoms with Crippen LogP contribution in [0.1, 0.15) is 11.1 Å². The number of rotatable bonds is 8. The lowest BCUT2D eigenvalue weighted by Gasteiger charge is -2.14. The first-order valence-corrected chi connectivity index (χ1v) is 11.2. The minimum Gasteiger partial charge on any atom is -0.493 e. The highest BCUT2D eigenvalue weighted by Gasteiger charge is 2.15. The summed E-state index contributed by atoms with van der Waals surface area (Å²) in [5.74, 6) is 0.264. The van der Waals surface area contributed by atoms with Gasteiger partial charge in [-0.1, -0.05) is 23.7 Å². The van der Waals surface area contributed by atoms with Crippen LogP contribution in [0, 0.1) is 25.0 Å². The van der Waals surface area contributed by atoms with Crippen LogP contribution in [-0.2, 0) is 11.4 Å². The summed E-state index contributed by atoms with van der Waals surface area (Å²) in [5.41, 5.74) is 1.57. The number of nitro benzene ring substituents is 1. The van der Waals surface area contributed by atoms with E-state index in [1.54, 1.807) is 48.5 Å². The van der Waals surface area contributed by atoms with Crippen molar-refractivity contribution in [2.45, 2.75) is 6.61 Å². The largest absolute Gasteiger partial charge is 0.493 e. The van der Waals surface area contributed by atoms with Crippen LogP contribution in [0.3, 0.4) is 0 Å². The molecule has 172 valence electrons. The van der Waals surface area contributed by atoms with Crippen molar-refractivity contribution in [1.82, 2.24) is 0 Å². The molecule has 0 fully saturated rings. The maximum Gasteiger partial charge on any atom is 0.269 e. The number of anilines is 1. The van der Waals surface area contributed by atoms with Gasteiger partial charge in [-0.3, -0.25) is 14.9 Å². The molecule has 8 nitrogen and oxygen atoms in total. The molecule has 1 amide bonds. The third kappa shape index (κ3) is 6.46. The van der Waals surface area contributed by atoms with Gasteiger partial charge in [0.05, 0.1) is 15.6 Å². The first-order chi connectivity index (χ1) is 16.3. The Kier molecular flexibility index (Phi) is 8.45. The van der Waals surface area contributed by atoms with Gasteiger partial charge in [-0.25, -0.2) is 0 Å². The van der Waals surface area contributed by atoms with Crippen LogP contribution in [0.5, 0.6) is 11.5 Å². The summed E-state index contributed by atoms with van der Waals surface area (Å²) in [6.45, 7) is 0.0934. The first kappa shape index (κ1) is 25.0. The fraction of sp³-hybridized carbons (Fsp3) is 0.0833. The SMILES string of the molecule is COc1cc(/C=C(/C#N)C(=O)Nc2ccc(Cl)cc2)cc(I)c1OCc1cccc([N+](=O)[O-])c1. The second-order valence-electron chi connectivity index (χ2n) is 6.88. The van der Waals surface area contributed by atoms with Crippen LogP contribution >= 0.6 is 34.2 Å². The smallest absolute Gasteiger partial charge is 0.269 e. The normalized spacial score (nSPS) is 10.8. The van der Waals surface area contributed by atoms with E-state index in [4.69, 9.17) is 21.1 Å². The molecule has 3 rings (SSSR count). The van der Waals surface area contributed by atoms with E-state index in [1.807, 2.05) is 6.07 Å². The fourth-order valence-corrected chi connectivity index (χ4v) is 3.83. The average molecular weight is 590 g/mol. The Balaban J connectivity index is 1.81. The second-order valence-corrected chi connectivity index (χ2v) is 8.48. The molecule has 34 heavy (non-hydrogen) atoms. The van der Waals surface area contributed by atoms with Gasteiger partial charge >= 0.3 is 0 Å². The fourth-order valence-electron chi connectivity index (χ4n) is 2.93. The molecule has 3 aromatic rings. The monoisotopic (exact) mass is 589 g/mol. The molecule has 0 aliphatic carbocycles. The predicted octanol–water partition coefficient (Wildman–Crippen LogP) is 5.99. The Morgan fingerprint density at radius 2 is 1.97 bits per heavy atom. The van der Waals surface area contributed by atoms with E-state index in [0.717, 1.165) is 0 Å². The number of nitrogens with one attached hydrogen (secondary N) is 1. The molecule has 0 aromatic heterocycles. The van der Waals surface area contributed by atoms with Crippen molar-refractivity contribution >= 4 is 57.5 Å². The molecule has 0 unspecified atom stereocenters. The topological polar surface area (TPSA) is 114 Å². The Morgan fingerprint density at radius 1 is 1.24 bits per heavy atom. The molecule has 0 atom stereocenters. The zero-order valence-electron chi connectivity index (χ0n) is 17.7. The quantitative estimate of drug-likeness (QED) is 0.114. The number of halogens is 2. The molecule has 0 bridgehead atoms. The number of nitrogens with zero attached hydrogens (tertiary/aromatic N) is 2. The molecule has 0 aliphatic rings. The molecule has 0 saturated heterocycles. The van der Waals surface area contributed by atoms with Crippen LogP contribution in [0.2, 0.25) is 5.02 Å². The Bertz CT molecular complexity index is 1300. The Labute approximate surface area is 214 Å². The van der Waals surface area contributed by atoms with Crippen molar-refractivity contribution in [3.63, 3.8) is 0 Å². The number of nitriles is 1. The molecule has 0 saturated carbocycles. The molecule has 0 aliphatic heterocycles. The van der Waals surface area contributed by atoms with Crippen molar-refractivity contribution in [2.24, 2.45) is 0 Å². The summed E-state index contributed by atoms with van der Waals surface area (Å²) in [6, 6.07) is 18.0. The third-order valence-electron chi connectivity index (χ3n) is 4.53. The molecule has 0 heterocycles. The lowest BCUT2D eigenvalue weighted by molar-refractivity contribution is -0.384. The van der Waals surface area contributed by atoms with Crippen molar-refractivity contribution < 1.29 is 19.2 Å². The number of amides is 1. The van der Waals surface area contributed by atoms with E-state index in [1.165, 1.54) is 25.3 Å². The van der Waals surface area contributed by atoms with Crippen LogP contribution in [0.4, 0.5) is 11.4 Å². The second kappa shape index (κ2) is 11.5. The minimum atomic E-state index is -0.565. The van der Waals surface area contributed by atoms with Gasteiger partial charge in [0.15, 0.2) is 11.5 Å². The summed E-state index contributed by atoms with van der Waals surface area (Å²) in [5, 5.41) is 23.7. The maximum atomic E-state index is 12.5. The van der Waals surface area contributed by atoms with Gasteiger partial charge in [0, 0.05) is 22.8 Å². The van der Waals surface area contributed by atoms with E-state index in [9.17, 15) is 20.2 Å². The van der Waals surface area contributed by atoms with Crippen LogP contribution < -0.4 is 14.8 Å². The van der Waals surface area contributed by atoms with E-state index >= 15 is 0 Å². The minimum absolute atomic E-state index is 0.0239. The van der Waals surface area contributed by atoms with E-state index < -0.39 is 10.8 Å². The van der Waals surface area contributed by atoms with Crippen molar-refractivity contribution in [3.05, 3.63) is 96.1 Å². The molecular weight excluding hydrogens is 573 g/mol. The molecular formula is C24H17ClIN3O5.